The number of rotatable bonds is 4. The minimum Gasteiger partial charge on any atom is -0.368 e. The molecule has 3 aliphatic rings. The first-order valence-electron chi connectivity index (χ1n) is 12.7. The van der Waals surface area contributed by atoms with Gasteiger partial charge in [-0.15, -0.1) is 0 Å². The van der Waals surface area contributed by atoms with Gasteiger partial charge in [0.15, 0.2) is 5.69 Å². The number of piperidine rings is 1. The number of aryl methyl sites for hydroxylation is 1. The van der Waals surface area contributed by atoms with Crippen molar-refractivity contribution in [2.75, 3.05) is 44.2 Å². The van der Waals surface area contributed by atoms with E-state index in [1.807, 2.05) is 4.90 Å². The maximum Gasteiger partial charge on any atom is 0.274 e. The van der Waals surface area contributed by atoms with Crippen molar-refractivity contribution in [2.24, 2.45) is 5.73 Å². The van der Waals surface area contributed by atoms with Gasteiger partial charge in [-0.3, -0.25) is 14.3 Å². The summed E-state index contributed by atoms with van der Waals surface area (Å²) in [6.07, 6.45) is 1.74. The molecule has 2 saturated heterocycles. The SMILES string of the molecule is Cc1cccc(N2CCN(C(=O)Cn3nc(C(=O)N4CC[C@H](N)[C@@H](F)C4)c4c3CCC4)CC2)c1C. The van der Waals surface area contributed by atoms with Gasteiger partial charge in [0.05, 0.1) is 6.54 Å². The summed E-state index contributed by atoms with van der Waals surface area (Å²) in [7, 11) is 0. The molecule has 1 aliphatic carbocycles. The highest BCUT2D eigenvalue weighted by atomic mass is 19.1. The fourth-order valence-corrected chi connectivity index (χ4v) is 5.57. The Morgan fingerprint density at radius 2 is 1.86 bits per heavy atom. The molecule has 2 amide bonds. The quantitative estimate of drug-likeness (QED) is 0.719. The van der Waals surface area contributed by atoms with Gasteiger partial charge in [-0.25, -0.2) is 4.39 Å². The monoisotopic (exact) mass is 482 g/mol. The summed E-state index contributed by atoms with van der Waals surface area (Å²) in [6, 6.07) is 5.83. The Bertz CT molecular complexity index is 1120. The highest BCUT2D eigenvalue weighted by Gasteiger charge is 2.34. The predicted molar refractivity (Wildman–Crippen MR) is 132 cm³/mol. The van der Waals surface area contributed by atoms with Crippen molar-refractivity contribution in [1.82, 2.24) is 19.6 Å². The Balaban J connectivity index is 1.25. The van der Waals surface area contributed by atoms with Crippen molar-refractivity contribution >= 4 is 17.5 Å². The third-order valence-corrected chi connectivity index (χ3v) is 7.92. The highest BCUT2D eigenvalue weighted by molar-refractivity contribution is 5.94. The molecule has 2 N–H and O–H groups in total. The molecule has 8 nitrogen and oxygen atoms in total. The van der Waals surface area contributed by atoms with Crippen LogP contribution in [0.3, 0.4) is 0 Å². The first-order valence-corrected chi connectivity index (χ1v) is 12.7. The number of amides is 2. The molecule has 9 heteroatoms. The van der Waals surface area contributed by atoms with Crippen LogP contribution in [0, 0.1) is 13.8 Å². The number of hydrogen-bond donors (Lipinski definition) is 1. The summed E-state index contributed by atoms with van der Waals surface area (Å²) in [5, 5.41) is 4.58. The van der Waals surface area contributed by atoms with Crippen LogP contribution in [0.4, 0.5) is 10.1 Å². The van der Waals surface area contributed by atoms with Crippen molar-refractivity contribution in [3.63, 3.8) is 0 Å². The standard InChI is InChI=1S/C26H35FN6O2/c1-17-5-3-7-22(18(17)2)30-11-13-31(14-12-30)24(34)16-33-23-8-4-6-19(23)25(29-33)26(35)32-10-9-21(28)20(27)15-32/h3,5,7,20-21H,4,6,8-16,28H2,1-2H3/t20-,21-/m0/s1. The lowest BCUT2D eigenvalue weighted by Crippen LogP contribution is -2.50. The molecule has 3 heterocycles. The summed E-state index contributed by atoms with van der Waals surface area (Å²) in [5.74, 6) is -0.222. The minimum atomic E-state index is -1.22. The summed E-state index contributed by atoms with van der Waals surface area (Å²) in [5.41, 5.74) is 11.8. The number of carbonyl (C=O) groups excluding carboxylic acids is 2. The summed E-state index contributed by atoms with van der Waals surface area (Å²) < 4.78 is 15.9. The Morgan fingerprint density at radius 3 is 2.60 bits per heavy atom. The predicted octanol–water partition coefficient (Wildman–Crippen LogP) is 1.85. The molecule has 0 bridgehead atoms. The number of anilines is 1. The molecular formula is C26H35FN6O2. The van der Waals surface area contributed by atoms with E-state index in [1.54, 1.807) is 4.68 Å². The fourth-order valence-electron chi connectivity index (χ4n) is 5.57. The van der Waals surface area contributed by atoms with E-state index >= 15 is 0 Å². The topological polar surface area (TPSA) is 87.7 Å². The van der Waals surface area contributed by atoms with Crippen LogP contribution in [-0.4, -0.2) is 82.9 Å². The van der Waals surface area contributed by atoms with E-state index in [-0.39, 0.29) is 24.9 Å². The van der Waals surface area contributed by atoms with Gasteiger partial charge >= 0.3 is 0 Å². The van der Waals surface area contributed by atoms with Gasteiger partial charge in [0.25, 0.3) is 5.91 Å². The molecule has 2 aliphatic heterocycles. The van der Waals surface area contributed by atoms with Crippen LogP contribution in [0.2, 0.25) is 0 Å². The van der Waals surface area contributed by atoms with Crippen molar-refractivity contribution in [3.8, 4) is 0 Å². The normalized spacial score (nSPS) is 22.5. The highest BCUT2D eigenvalue weighted by Crippen LogP contribution is 2.28. The van der Waals surface area contributed by atoms with E-state index in [0.717, 1.165) is 43.6 Å². The fraction of sp³-hybridized carbons (Fsp3) is 0.577. The molecule has 0 saturated carbocycles. The molecule has 1 aromatic carbocycles. The van der Waals surface area contributed by atoms with Crippen LogP contribution in [0.1, 0.15) is 45.7 Å². The zero-order chi connectivity index (χ0) is 24.7. The van der Waals surface area contributed by atoms with E-state index in [4.69, 9.17) is 5.73 Å². The third-order valence-electron chi connectivity index (χ3n) is 7.92. The van der Waals surface area contributed by atoms with Crippen LogP contribution >= 0.6 is 0 Å². The number of alkyl halides is 1. The number of likely N-dealkylation sites (tertiary alicyclic amines) is 1. The average molecular weight is 483 g/mol. The Morgan fingerprint density at radius 1 is 1.09 bits per heavy atom. The van der Waals surface area contributed by atoms with Crippen molar-refractivity contribution in [2.45, 2.75) is 58.3 Å². The van der Waals surface area contributed by atoms with E-state index in [9.17, 15) is 14.0 Å². The van der Waals surface area contributed by atoms with Crippen LogP contribution < -0.4 is 10.6 Å². The van der Waals surface area contributed by atoms with E-state index in [1.165, 1.54) is 21.7 Å². The van der Waals surface area contributed by atoms with Crippen LogP contribution in [-0.2, 0) is 24.2 Å². The van der Waals surface area contributed by atoms with E-state index in [2.05, 4.69) is 42.0 Å². The maximum atomic E-state index is 14.1. The van der Waals surface area contributed by atoms with Gasteiger partial charge in [-0.2, -0.15) is 5.10 Å². The molecule has 1 aromatic heterocycles. The number of carbonyl (C=O) groups is 2. The lowest BCUT2D eigenvalue weighted by molar-refractivity contribution is -0.132. The lowest BCUT2D eigenvalue weighted by Gasteiger charge is -2.37. The minimum absolute atomic E-state index is 0.00521. The summed E-state index contributed by atoms with van der Waals surface area (Å²) in [6.45, 7) is 7.74. The Kier molecular flexibility index (Phi) is 6.53. The number of nitrogens with zero attached hydrogens (tertiary/aromatic N) is 5. The number of halogens is 1. The maximum absolute atomic E-state index is 14.1. The lowest BCUT2D eigenvalue weighted by atomic mass is 10.0. The molecule has 5 rings (SSSR count). The van der Waals surface area contributed by atoms with Crippen molar-refractivity contribution < 1.29 is 14.0 Å². The molecule has 2 fully saturated rings. The van der Waals surface area contributed by atoms with Crippen LogP contribution in [0.5, 0.6) is 0 Å². The van der Waals surface area contributed by atoms with E-state index in [0.29, 0.717) is 31.7 Å². The van der Waals surface area contributed by atoms with Gasteiger partial charge in [0.2, 0.25) is 5.91 Å². The van der Waals surface area contributed by atoms with E-state index < -0.39 is 12.2 Å². The number of piperazine rings is 1. The van der Waals surface area contributed by atoms with Crippen molar-refractivity contribution in [1.29, 1.82) is 0 Å². The first-order chi connectivity index (χ1) is 16.8. The summed E-state index contributed by atoms with van der Waals surface area (Å²) in [4.78, 5) is 32.1. The van der Waals surface area contributed by atoms with Gasteiger partial charge in [0, 0.05) is 55.7 Å². The average Bonchev–Trinajstić information content (AvgIpc) is 3.46. The largest absolute Gasteiger partial charge is 0.368 e. The second-order valence-corrected chi connectivity index (χ2v) is 10.1. The first kappa shape index (κ1) is 23.8. The second-order valence-electron chi connectivity index (χ2n) is 10.1. The zero-order valence-electron chi connectivity index (χ0n) is 20.7. The molecule has 2 atom stereocenters. The van der Waals surface area contributed by atoms with Gasteiger partial charge in [-0.1, -0.05) is 12.1 Å². The van der Waals surface area contributed by atoms with Gasteiger partial charge in [-0.05, 0) is 56.7 Å². The number of fused-ring (bicyclic) bond motifs is 1. The summed E-state index contributed by atoms with van der Waals surface area (Å²) >= 11 is 0. The number of aromatic nitrogens is 2. The van der Waals surface area contributed by atoms with Crippen LogP contribution in [0.15, 0.2) is 18.2 Å². The molecule has 0 spiro atoms. The van der Waals surface area contributed by atoms with Crippen LogP contribution in [0.25, 0.3) is 0 Å². The number of hydrogen-bond acceptors (Lipinski definition) is 5. The second kappa shape index (κ2) is 9.60. The van der Waals surface area contributed by atoms with Gasteiger partial charge < -0.3 is 20.4 Å². The molecular weight excluding hydrogens is 447 g/mol. The molecule has 0 unspecified atom stereocenters. The third kappa shape index (κ3) is 4.53. The number of benzene rings is 1. The molecule has 188 valence electrons. The Hall–Kier alpha value is -2.94. The zero-order valence-corrected chi connectivity index (χ0v) is 20.7. The van der Waals surface area contributed by atoms with Crippen molar-refractivity contribution in [3.05, 3.63) is 46.3 Å². The van der Waals surface area contributed by atoms with Gasteiger partial charge in [0.1, 0.15) is 12.7 Å². The smallest absolute Gasteiger partial charge is 0.274 e. The molecule has 2 aromatic rings. The molecule has 0 radical (unpaired) electrons. The number of nitrogens with two attached hydrogens (primary N) is 1. The molecule has 35 heavy (non-hydrogen) atoms. The Labute approximate surface area is 205 Å².